The van der Waals surface area contributed by atoms with E-state index in [1.165, 1.54) is 5.56 Å². The zero-order valence-electron chi connectivity index (χ0n) is 11.6. The molecule has 0 amide bonds. The Morgan fingerprint density at radius 1 is 1.15 bits per heavy atom. The molecule has 2 aromatic rings. The second-order valence-corrected chi connectivity index (χ2v) is 6.70. The maximum absolute atomic E-state index is 4.80. The van der Waals surface area contributed by atoms with E-state index in [2.05, 4.69) is 62.3 Å². The minimum Gasteiger partial charge on any atom is -0.346 e. The molecule has 2 heterocycles. The van der Waals surface area contributed by atoms with Crippen LogP contribution in [0.3, 0.4) is 0 Å². The van der Waals surface area contributed by atoms with Gasteiger partial charge in [-0.1, -0.05) is 35.0 Å². The number of anilines is 1. The number of halogens is 1. The molecule has 1 saturated heterocycles. The van der Waals surface area contributed by atoms with Crippen molar-refractivity contribution in [3.8, 4) is 11.3 Å². The van der Waals surface area contributed by atoms with Gasteiger partial charge in [-0.25, -0.2) is 4.98 Å². The molecule has 5 heteroatoms. The quantitative estimate of drug-likeness (QED) is 0.839. The van der Waals surface area contributed by atoms with Crippen molar-refractivity contribution in [2.75, 3.05) is 37.6 Å². The molecule has 0 saturated carbocycles. The van der Waals surface area contributed by atoms with Crippen molar-refractivity contribution in [1.82, 2.24) is 9.88 Å². The van der Waals surface area contributed by atoms with Gasteiger partial charge in [-0.15, -0.1) is 11.3 Å². The van der Waals surface area contributed by atoms with E-state index in [4.69, 9.17) is 4.98 Å². The highest BCUT2D eigenvalue weighted by Crippen LogP contribution is 2.28. The zero-order valence-corrected chi connectivity index (χ0v) is 14.0. The maximum atomic E-state index is 4.80. The van der Waals surface area contributed by atoms with E-state index in [9.17, 15) is 0 Å². The lowest BCUT2D eigenvalue weighted by Gasteiger charge is -2.33. The van der Waals surface area contributed by atoms with Gasteiger partial charge in [-0.3, -0.25) is 0 Å². The summed E-state index contributed by atoms with van der Waals surface area (Å²) >= 11 is 5.22. The van der Waals surface area contributed by atoms with Crippen LogP contribution in [0.15, 0.2) is 34.1 Å². The number of piperazine rings is 1. The summed E-state index contributed by atoms with van der Waals surface area (Å²) < 4.78 is 1.10. The molecule has 1 aromatic heterocycles. The molecule has 0 N–H and O–H groups in total. The van der Waals surface area contributed by atoms with Gasteiger partial charge in [-0.05, 0) is 18.7 Å². The molecule has 0 bridgehead atoms. The molecular weight excluding hydrogens is 334 g/mol. The second kappa shape index (κ2) is 6.24. The molecule has 3 nitrogen and oxygen atoms in total. The van der Waals surface area contributed by atoms with E-state index < -0.39 is 0 Å². The minimum atomic E-state index is 1.08. The smallest absolute Gasteiger partial charge is 0.185 e. The van der Waals surface area contributed by atoms with Crippen molar-refractivity contribution in [2.24, 2.45) is 0 Å². The van der Waals surface area contributed by atoms with Crippen LogP contribution in [0.4, 0.5) is 5.13 Å². The Bertz CT molecular complexity index is 559. The molecule has 20 heavy (non-hydrogen) atoms. The van der Waals surface area contributed by atoms with Crippen molar-refractivity contribution in [1.29, 1.82) is 0 Å². The number of hydrogen-bond acceptors (Lipinski definition) is 4. The van der Waals surface area contributed by atoms with Crippen molar-refractivity contribution in [2.45, 2.75) is 6.92 Å². The first-order valence-corrected chi connectivity index (χ1v) is 8.62. The summed E-state index contributed by atoms with van der Waals surface area (Å²) in [7, 11) is 0. The van der Waals surface area contributed by atoms with Gasteiger partial charge >= 0.3 is 0 Å². The number of nitrogens with zero attached hydrogens (tertiary/aromatic N) is 3. The number of aromatic nitrogens is 1. The molecule has 1 aliphatic heterocycles. The fraction of sp³-hybridized carbons (Fsp3) is 0.400. The largest absolute Gasteiger partial charge is 0.346 e. The van der Waals surface area contributed by atoms with Crippen LogP contribution >= 0.6 is 27.3 Å². The lowest BCUT2D eigenvalue weighted by atomic mass is 10.2. The molecule has 0 atom stereocenters. The van der Waals surface area contributed by atoms with Gasteiger partial charge in [0.05, 0.1) is 5.69 Å². The van der Waals surface area contributed by atoms with Gasteiger partial charge < -0.3 is 9.80 Å². The highest BCUT2D eigenvalue weighted by atomic mass is 79.9. The minimum absolute atomic E-state index is 1.08. The van der Waals surface area contributed by atoms with Gasteiger partial charge in [0, 0.05) is 41.6 Å². The van der Waals surface area contributed by atoms with E-state index in [0.717, 1.165) is 48.0 Å². The van der Waals surface area contributed by atoms with E-state index in [1.54, 1.807) is 11.3 Å². The Morgan fingerprint density at radius 2 is 1.85 bits per heavy atom. The second-order valence-electron chi connectivity index (χ2n) is 4.94. The third-order valence-corrected chi connectivity index (χ3v) is 5.15. The topological polar surface area (TPSA) is 19.4 Å². The summed E-state index contributed by atoms with van der Waals surface area (Å²) in [5.74, 6) is 0. The Balaban J connectivity index is 1.72. The van der Waals surface area contributed by atoms with Gasteiger partial charge in [0.1, 0.15) is 0 Å². The SMILES string of the molecule is CCN1CCN(c2nc(-c3ccc(Br)cc3)cs2)CC1. The van der Waals surface area contributed by atoms with Crippen LogP contribution in [0, 0.1) is 0 Å². The van der Waals surface area contributed by atoms with Gasteiger partial charge in [0.15, 0.2) is 5.13 Å². The monoisotopic (exact) mass is 351 g/mol. The molecule has 0 unspecified atom stereocenters. The van der Waals surface area contributed by atoms with Crippen LogP contribution in [0.25, 0.3) is 11.3 Å². The normalized spacial score (nSPS) is 16.6. The molecule has 1 fully saturated rings. The van der Waals surface area contributed by atoms with Gasteiger partial charge in [-0.2, -0.15) is 0 Å². The number of hydrogen-bond donors (Lipinski definition) is 0. The van der Waals surface area contributed by atoms with Crippen LogP contribution in [0.5, 0.6) is 0 Å². The fourth-order valence-electron chi connectivity index (χ4n) is 2.42. The van der Waals surface area contributed by atoms with Crippen LogP contribution in [0.2, 0.25) is 0 Å². The Morgan fingerprint density at radius 3 is 2.50 bits per heavy atom. The fourth-order valence-corrected chi connectivity index (χ4v) is 3.57. The summed E-state index contributed by atoms with van der Waals surface area (Å²) in [4.78, 5) is 9.68. The van der Waals surface area contributed by atoms with Gasteiger partial charge in [0.25, 0.3) is 0 Å². The number of rotatable bonds is 3. The first-order valence-electron chi connectivity index (χ1n) is 6.95. The van der Waals surface area contributed by atoms with Crippen LogP contribution in [-0.4, -0.2) is 42.6 Å². The summed E-state index contributed by atoms with van der Waals surface area (Å²) in [5.41, 5.74) is 2.26. The predicted octanol–water partition coefficient (Wildman–Crippen LogP) is 3.71. The van der Waals surface area contributed by atoms with E-state index >= 15 is 0 Å². The van der Waals surface area contributed by atoms with E-state index in [-0.39, 0.29) is 0 Å². The standard InChI is InChI=1S/C15H18BrN3S/c1-2-18-7-9-19(10-8-18)15-17-14(11-20-15)12-3-5-13(16)6-4-12/h3-6,11H,2,7-10H2,1H3. The van der Waals surface area contributed by atoms with E-state index in [1.807, 2.05) is 0 Å². The summed E-state index contributed by atoms with van der Waals surface area (Å²) in [5, 5.41) is 3.31. The molecule has 3 rings (SSSR count). The molecule has 0 radical (unpaired) electrons. The molecule has 1 aliphatic rings. The van der Waals surface area contributed by atoms with Crippen molar-refractivity contribution < 1.29 is 0 Å². The number of thiazole rings is 1. The summed E-state index contributed by atoms with van der Waals surface area (Å²) in [6.07, 6.45) is 0. The molecule has 106 valence electrons. The summed E-state index contributed by atoms with van der Waals surface area (Å²) in [6.45, 7) is 7.83. The van der Waals surface area contributed by atoms with Crippen molar-refractivity contribution in [3.63, 3.8) is 0 Å². The Hall–Kier alpha value is -0.910. The maximum Gasteiger partial charge on any atom is 0.185 e. The molecule has 1 aromatic carbocycles. The number of likely N-dealkylation sites (N-methyl/N-ethyl adjacent to an activating group) is 1. The average Bonchev–Trinajstić information content (AvgIpc) is 2.98. The van der Waals surface area contributed by atoms with Crippen molar-refractivity contribution in [3.05, 3.63) is 34.1 Å². The third kappa shape index (κ3) is 3.05. The highest BCUT2D eigenvalue weighted by Gasteiger charge is 2.18. The third-order valence-electron chi connectivity index (χ3n) is 3.72. The van der Waals surface area contributed by atoms with Crippen LogP contribution < -0.4 is 4.90 Å². The van der Waals surface area contributed by atoms with Crippen molar-refractivity contribution >= 4 is 32.4 Å². The Labute approximate surface area is 132 Å². The predicted molar refractivity (Wildman–Crippen MR) is 89.6 cm³/mol. The lowest BCUT2D eigenvalue weighted by Crippen LogP contribution is -2.46. The highest BCUT2D eigenvalue weighted by molar-refractivity contribution is 9.10. The van der Waals surface area contributed by atoms with E-state index in [0.29, 0.717) is 0 Å². The zero-order chi connectivity index (χ0) is 13.9. The molecule has 0 spiro atoms. The first-order chi connectivity index (χ1) is 9.76. The lowest BCUT2D eigenvalue weighted by molar-refractivity contribution is 0.271. The summed E-state index contributed by atoms with van der Waals surface area (Å²) in [6, 6.07) is 8.35. The molecular formula is C15H18BrN3S. The van der Waals surface area contributed by atoms with Gasteiger partial charge in [0.2, 0.25) is 0 Å². The Kier molecular flexibility index (Phi) is 4.38. The average molecular weight is 352 g/mol. The van der Waals surface area contributed by atoms with Crippen LogP contribution in [-0.2, 0) is 0 Å². The first kappa shape index (κ1) is 14.0. The number of benzene rings is 1. The molecule has 0 aliphatic carbocycles. The van der Waals surface area contributed by atoms with Crippen LogP contribution in [0.1, 0.15) is 6.92 Å².